The van der Waals surface area contributed by atoms with Crippen LogP contribution in [0.15, 0.2) is 42.7 Å². The molecule has 1 aliphatic heterocycles. The predicted octanol–water partition coefficient (Wildman–Crippen LogP) is 3.00. The number of aromatic nitrogens is 1. The number of methoxy groups -OCH3 is 1. The molecule has 4 heteroatoms. The molecule has 0 atom stereocenters. The molecule has 0 bridgehead atoms. The third kappa shape index (κ3) is 5.66. The number of hydrogen-bond acceptors (Lipinski definition) is 4. The average Bonchev–Trinajstić information content (AvgIpc) is 3.07. The minimum Gasteiger partial charge on any atom is -0.495 e. The standard InChI is InChI=1S/C14H15NO2.C5H11N/c1-17-14-8-13(9-15-10-14)12-4-2-3-11(7-12)5-6-16;1-6-4-2-3-5-6/h2-4,7-10,16H,5-6H2,1H3;2-5H2,1H3. The molecule has 0 saturated carbocycles. The van der Waals surface area contributed by atoms with Gasteiger partial charge in [-0.15, -0.1) is 0 Å². The molecule has 1 saturated heterocycles. The molecule has 1 N–H and O–H groups in total. The van der Waals surface area contributed by atoms with Crippen LogP contribution in [-0.2, 0) is 6.42 Å². The number of aliphatic hydroxyl groups excluding tert-OH is 1. The maximum absolute atomic E-state index is 8.93. The molecular weight excluding hydrogens is 288 g/mol. The molecule has 0 amide bonds. The molecule has 0 radical (unpaired) electrons. The Labute approximate surface area is 138 Å². The number of likely N-dealkylation sites (tertiary alicyclic amines) is 1. The van der Waals surface area contributed by atoms with E-state index in [1.165, 1.54) is 25.9 Å². The van der Waals surface area contributed by atoms with E-state index in [-0.39, 0.29) is 6.61 Å². The van der Waals surface area contributed by atoms with Crippen LogP contribution in [0.5, 0.6) is 5.75 Å². The van der Waals surface area contributed by atoms with Gasteiger partial charge in [0.2, 0.25) is 0 Å². The van der Waals surface area contributed by atoms with E-state index in [4.69, 9.17) is 9.84 Å². The van der Waals surface area contributed by atoms with Crippen LogP contribution in [0.25, 0.3) is 11.1 Å². The van der Waals surface area contributed by atoms with Gasteiger partial charge >= 0.3 is 0 Å². The first-order valence-electron chi connectivity index (χ1n) is 8.10. The fourth-order valence-electron chi connectivity index (χ4n) is 2.60. The zero-order chi connectivity index (χ0) is 16.5. The number of ether oxygens (including phenoxy) is 1. The van der Waals surface area contributed by atoms with Crippen molar-refractivity contribution in [2.75, 3.05) is 33.9 Å². The molecule has 1 fully saturated rings. The van der Waals surface area contributed by atoms with Crippen molar-refractivity contribution in [3.63, 3.8) is 0 Å². The summed E-state index contributed by atoms with van der Waals surface area (Å²) in [4.78, 5) is 6.49. The highest BCUT2D eigenvalue weighted by atomic mass is 16.5. The molecule has 0 spiro atoms. The Balaban J connectivity index is 0.000000268. The third-order valence-corrected chi connectivity index (χ3v) is 3.94. The first-order chi connectivity index (χ1) is 11.2. The van der Waals surface area contributed by atoms with Crippen molar-refractivity contribution in [3.8, 4) is 16.9 Å². The van der Waals surface area contributed by atoms with Crippen molar-refractivity contribution in [1.29, 1.82) is 0 Å². The fraction of sp³-hybridized carbons (Fsp3) is 0.421. The molecule has 1 aromatic heterocycles. The van der Waals surface area contributed by atoms with Crippen molar-refractivity contribution < 1.29 is 9.84 Å². The van der Waals surface area contributed by atoms with Crippen molar-refractivity contribution in [1.82, 2.24) is 9.88 Å². The summed E-state index contributed by atoms with van der Waals surface area (Å²) in [7, 11) is 3.80. The van der Waals surface area contributed by atoms with Gasteiger partial charge in [0.05, 0.1) is 13.3 Å². The summed E-state index contributed by atoms with van der Waals surface area (Å²) >= 11 is 0. The highest BCUT2D eigenvalue weighted by molar-refractivity contribution is 5.64. The van der Waals surface area contributed by atoms with Crippen LogP contribution >= 0.6 is 0 Å². The number of pyridine rings is 1. The van der Waals surface area contributed by atoms with Crippen LogP contribution in [-0.4, -0.2) is 48.8 Å². The molecule has 0 unspecified atom stereocenters. The monoisotopic (exact) mass is 314 g/mol. The summed E-state index contributed by atoms with van der Waals surface area (Å²) in [5, 5.41) is 8.93. The lowest BCUT2D eigenvalue weighted by molar-refractivity contribution is 0.299. The van der Waals surface area contributed by atoms with Crippen LogP contribution in [0.1, 0.15) is 18.4 Å². The summed E-state index contributed by atoms with van der Waals surface area (Å²) in [6, 6.07) is 10.0. The highest BCUT2D eigenvalue weighted by Crippen LogP contribution is 2.23. The van der Waals surface area contributed by atoms with Gasteiger partial charge < -0.3 is 14.7 Å². The Morgan fingerprint density at radius 1 is 1.13 bits per heavy atom. The summed E-state index contributed by atoms with van der Waals surface area (Å²) in [5.74, 6) is 0.745. The Morgan fingerprint density at radius 3 is 2.52 bits per heavy atom. The Hall–Kier alpha value is -1.91. The van der Waals surface area contributed by atoms with E-state index >= 15 is 0 Å². The number of rotatable bonds is 4. The Morgan fingerprint density at radius 2 is 1.91 bits per heavy atom. The molecular formula is C19H26N2O2. The van der Waals surface area contributed by atoms with Gasteiger partial charge in [-0.05, 0) is 56.6 Å². The molecule has 124 valence electrons. The molecule has 4 nitrogen and oxygen atoms in total. The zero-order valence-corrected chi connectivity index (χ0v) is 14.0. The lowest BCUT2D eigenvalue weighted by Gasteiger charge is -2.06. The van der Waals surface area contributed by atoms with E-state index in [2.05, 4.69) is 23.0 Å². The molecule has 3 rings (SSSR count). The van der Waals surface area contributed by atoms with Crippen molar-refractivity contribution in [3.05, 3.63) is 48.3 Å². The average molecular weight is 314 g/mol. The van der Waals surface area contributed by atoms with Crippen molar-refractivity contribution in [2.24, 2.45) is 0 Å². The third-order valence-electron chi connectivity index (χ3n) is 3.94. The van der Waals surface area contributed by atoms with Gasteiger partial charge in [0.1, 0.15) is 5.75 Å². The van der Waals surface area contributed by atoms with Gasteiger partial charge in [0.15, 0.2) is 0 Å². The summed E-state index contributed by atoms with van der Waals surface area (Å²) < 4.78 is 5.15. The molecule has 0 aliphatic carbocycles. The highest BCUT2D eigenvalue weighted by Gasteiger charge is 2.03. The molecule has 2 heterocycles. The second-order valence-electron chi connectivity index (χ2n) is 5.80. The largest absolute Gasteiger partial charge is 0.495 e. The van der Waals surface area contributed by atoms with Gasteiger partial charge in [0, 0.05) is 18.4 Å². The van der Waals surface area contributed by atoms with E-state index in [9.17, 15) is 0 Å². The Bertz CT molecular complexity index is 595. The van der Waals surface area contributed by atoms with E-state index in [1.54, 1.807) is 19.5 Å². The number of nitrogens with zero attached hydrogens (tertiary/aromatic N) is 2. The fourth-order valence-corrected chi connectivity index (χ4v) is 2.60. The number of hydrogen-bond donors (Lipinski definition) is 1. The first-order valence-corrected chi connectivity index (χ1v) is 8.10. The maximum atomic E-state index is 8.93. The van der Waals surface area contributed by atoms with Gasteiger partial charge in [-0.1, -0.05) is 24.3 Å². The summed E-state index contributed by atoms with van der Waals surface area (Å²) in [5.41, 5.74) is 3.22. The van der Waals surface area contributed by atoms with Crippen LogP contribution < -0.4 is 4.74 Å². The lowest BCUT2D eigenvalue weighted by atomic mass is 10.0. The number of aliphatic hydroxyl groups is 1. The van der Waals surface area contributed by atoms with Gasteiger partial charge in [-0.3, -0.25) is 4.98 Å². The quantitative estimate of drug-likeness (QED) is 0.942. The topological polar surface area (TPSA) is 45.6 Å². The minimum absolute atomic E-state index is 0.166. The van der Waals surface area contributed by atoms with E-state index in [0.717, 1.165) is 22.4 Å². The number of benzene rings is 1. The van der Waals surface area contributed by atoms with Crippen LogP contribution in [0.2, 0.25) is 0 Å². The predicted molar refractivity (Wildman–Crippen MR) is 93.7 cm³/mol. The van der Waals surface area contributed by atoms with E-state index < -0.39 is 0 Å². The minimum atomic E-state index is 0.166. The summed E-state index contributed by atoms with van der Waals surface area (Å²) in [6.45, 7) is 2.81. The van der Waals surface area contributed by atoms with Gasteiger partial charge in [-0.25, -0.2) is 0 Å². The SMILES string of the molecule is CN1CCCC1.COc1cncc(-c2cccc(CCO)c2)c1. The molecule has 1 aromatic carbocycles. The van der Waals surface area contributed by atoms with Crippen LogP contribution in [0.4, 0.5) is 0 Å². The van der Waals surface area contributed by atoms with Gasteiger partial charge in [0.25, 0.3) is 0 Å². The summed E-state index contributed by atoms with van der Waals surface area (Å²) in [6.07, 6.45) is 6.99. The second-order valence-corrected chi connectivity index (χ2v) is 5.80. The van der Waals surface area contributed by atoms with Crippen LogP contribution in [0, 0.1) is 0 Å². The van der Waals surface area contributed by atoms with Crippen molar-refractivity contribution in [2.45, 2.75) is 19.3 Å². The second kappa shape index (κ2) is 9.28. The molecule has 2 aromatic rings. The van der Waals surface area contributed by atoms with E-state index in [1.807, 2.05) is 24.3 Å². The van der Waals surface area contributed by atoms with Crippen LogP contribution in [0.3, 0.4) is 0 Å². The zero-order valence-electron chi connectivity index (χ0n) is 14.0. The van der Waals surface area contributed by atoms with Gasteiger partial charge in [-0.2, -0.15) is 0 Å². The normalized spacial score (nSPS) is 14.2. The van der Waals surface area contributed by atoms with E-state index in [0.29, 0.717) is 6.42 Å². The molecule has 1 aliphatic rings. The van der Waals surface area contributed by atoms with Crippen molar-refractivity contribution >= 4 is 0 Å². The smallest absolute Gasteiger partial charge is 0.137 e. The first kappa shape index (κ1) is 17.4. The molecule has 23 heavy (non-hydrogen) atoms. The maximum Gasteiger partial charge on any atom is 0.137 e. The lowest BCUT2D eigenvalue weighted by Crippen LogP contribution is -2.10. The Kier molecular flexibility index (Phi) is 7.04.